The molecule has 1 saturated heterocycles. The first kappa shape index (κ1) is 21.7. The summed E-state index contributed by atoms with van der Waals surface area (Å²) in [7, 11) is -2.92. The van der Waals surface area contributed by atoms with Gasteiger partial charge in [0.2, 0.25) is 10.0 Å². The number of esters is 1. The Kier molecular flexibility index (Phi) is 5.76. The zero-order chi connectivity index (χ0) is 22.3. The van der Waals surface area contributed by atoms with Gasteiger partial charge in [0.05, 0.1) is 7.11 Å². The van der Waals surface area contributed by atoms with Gasteiger partial charge in [0.15, 0.2) is 0 Å². The fraction of sp³-hybridized carbons (Fsp3) is 0.318. The van der Waals surface area contributed by atoms with E-state index in [4.69, 9.17) is 4.74 Å². The maximum absolute atomic E-state index is 14.7. The Hall–Kier alpha value is -2.49. The van der Waals surface area contributed by atoms with E-state index >= 15 is 0 Å². The van der Waals surface area contributed by atoms with Crippen LogP contribution in [0, 0.1) is 19.7 Å². The highest BCUT2D eigenvalue weighted by atomic mass is 32.2. The van der Waals surface area contributed by atoms with Crippen LogP contribution in [-0.4, -0.2) is 52.0 Å². The number of hydrogen-bond acceptors (Lipinski definition) is 6. The second-order valence-corrected chi connectivity index (χ2v) is 10.5. The van der Waals surface area contributed by atoms with Crippen molar-refractivity contribution in [2.45, 2.75) is 18.7 Å². The molecule has 0 aliphatic carbocycles. The second-order valence-electron chi connectivity index (χ2n) is 7.55. The summed E-state index contributed by atoms with van der Waals surface area (Å²) in [5.41, 5.74) is 3.35. The van der Waals surface area contributed by atoms with Gasteiger partial charge >= 0.3 is 5.97 Å². The Bertz CT molecular complexity index is 1260. The number of nitrogens with zero attached hydrogens (tertiary/aromatic N) is 2. The topological polar surface area (TPSA) is 66.9 Å². The molecule has 4 rings (SSSR count). The lowest BCUT2D eigenvalue weighted by atomic mass is 10.1. The molecule has 0 saturated carbocycles. The maximum atomic E-state index is 14.7. The molecule has 2 heterocycles. The van der Waals surface area contributed by atoms with Gasteiger partial charge in [-0.3, -0.25) is 0 Å². The third-order valence-electron chi connectivity index (χ3n) is 5.53. The van der Waals surface area contributed by atoms with E-state index < -0.39 is 21.8 Å². The summed E-state index contributed by atoms with van der Waals surface area (Å²) < 4.78 is 48.3. The van der Waals surface area contributed by atoms with Crippen LogP contribution in [0.1, 0.15) is 20.8 Å². The van der Waals surface area contributed by atoms with E-state index in [2.05, 4.69) is 17.0 Å². The predicted octanol–water partition coefficient (Wildman–Crippen LogP) is 3.95. The molecule has 9 heteroatoms. The van der Waals surface area contributed by atoms with Crippen LogP contribution in [0.3, 0.4) is 0 Å². The number of sulfonamides is 1. The lowest BCUT2D eigenvalue weighted by Gasteiger charge is -2.36. The fourth-order valence-corrected chi connectivity index (χ4v) is 7.13. The minimum Gasteiger partial charge on any atom is -0.465 e. The highest BCUT2D eigenvalue weighted by molar-refractivity contribution is 7.89. The molecule has 0 amide bonds. The van der Waals surface area contributed by atoms with E-state index in [9.17, 15) is 17.6 Å². The summed E-state index contributed by atoms with van der Waals surface area (Å²) in [5.74, 6) is -1.45. The fourth-order valence-electron chi connectivity index (χ4n) is 3.91. The molecular weight excluding hydrogens is 439 g/mol. The lowest BCUT2D eigenvalue weighted by molar-refractivity contribution is 0.0602. The summed E-state index contributed by atoms with van der Waals surface area (Å²) >= 11 is 0.932. The second kappa shape index (κ2) is 8.22. The molecule has 1 fully saturated rings. The van der Waals surface area contributed by atoms with E-state index in [0.717, 1.165) is 28.2 Å². The van der Waals surface area contributed by atoms with E-state index in [1.807, 2.05) is 19.9 Å². The van der Waals surface area contributed by atoms with Crippen LogP contribution < -0.4 is 4.90 Å². The number of benzene rings is 2. The van der Waals surface area contributed by atoms with Crippen LogP contribution in [0.4, 0.5) is 10.1 Å². The average molecular weight is 463 g/mol. The molecule has 0 spiro atoms. The van der Waals surface area contributed by atoms with Crippen LogP contribution in [-0.2, 0) is 14.8 Å². The first-order valence-corrected chi connectivity index (χ1v) is 12.1. The first-order chi connectivity index (χ1) is 14.7. The monoisotopic (exact) mass is 462 g/mol. The highest BCUT2D eigenvalue weighted by Gasteiger charge is 2.36. The van der Waals surface area contributed by atoms with Crippen molar-refractivity contribution in [2.24, 2.45) is 0 Å². The van der Waals surface area contributed by atoms with Crippen LogP contribution in [0.5, 0.6) is 0 Å². The van der Waals surface area contributed by atoms with Gasteiger partial charge < -0.3 is 9.64 Å². The molecule has 0 N–H and O–H groups in total. The highest BCUT2D eigenvalue weighted by Crippen LogP contribution is 2.38. The Balaban J connectivity index is 1.70. The van der Waals surface area contributed by atoms with E-state index in [1.165, 1.54) is 23.5 Å². The van der Waals surface area contributed by atoms with Gasteiger partial charge in [-0.05, 0) is 43.2 Å². The third-order valence-corrected chi connectivity index (χ3v) is 8.77. The van der Waals surface area contributed by atoms with Gasteiger partial charge in [-0.25, -0.2) is 17.6 Å². The largest absolute Gasteiger partial charge is 0.465 e. The number of ether oxygens (including phenoxy) is 1. The molecule has 31 heavy (non-hydrogen) atoms. The number of piperazine rings is 1. The standard InChI is InChI=1S/C22H23FN2O4S2/c1-14-7-8-15(2)17(13-14)24-9-11-25(12-10-24)31(27,28)21-19-16(23)5-4-6-18(19)30-20(21)22(26)29-3/h4-8,13H,9-12H2,1-3H3. The molecule has 164 valence electrons. The van der Waals surface area contributed by atoms with Gasteiger partial charge in [0, 0.05) is 42.0 Å². The van der Waals surface area contributed by atoms with Crippen molar-refractivity contribution in [1.82, 2.24) is 4.31 Å². The van der Waals surface area contributed by atoms with Gasteiger partial charge in [-0.1, -0.05) is 18.2 Å². The number of thiophene rings is 1. The van der Waals surface area contributed by atoms with Gasteiger partial charge in [0.25, 0.3) is 0 Å². The van der Waals surface area contributed by atoms with Crippen LogP contribution in [0.2, 0.25) is 0 Å². The molecule has 1 aliphatic heterocycles. The normalized spacial score (nSPS) is 15.4. The van der Waals surface area contributed by atoms with Crippen molar-refractivity contribution in [3.8, 4) is 0 Å². The number of methoxy groups -OCH3 is 1. The number of rotatable bonds is 4. The van der Waals surface area contributed by atoms with Crippen molar-refractivity contribution < 1.29 is 22.3 Å². The molecule has 3 aromatic rings. The summed E-state index contributed by atoms with van der Waals surface area (Å²) in [4.78, 5) is 14.1. The number of aryl methyl sites for hydroxylation is 2. The van der Waals surface area contributed by atoms with Crippen LogP contribution in [0.15, 0.2) is 41.3 Å². The third kappa shape index (κ3) is 3.81. The molecule has 0 atom stereocenters. The van der Waals surface area contributed by atoms with E-state index in [1.54, 1.807) is 6.07 Å². The number of fused-ring (bicyclic) bond motifs is 1. The maximum Gasteiger partial charge on any atom is 0.349 e. The molecular formula is C22H23FN2O4S2. The molecule has 0 unspecified atom stereocenters. The van der Waals surface area contributed by atoms with Gasteiger partial charge in [-0.15, -0.1) is 11.3 Å². The number of carbonyl (C=O) groups excluding carboxylic acids is 1. The molecule has 1 aliphatic rings. The summed E-state index contributed by atoms with van der Waals surface area (Å²) in [6.45, 7) is 5.53. The number of carbonyl (C=O) groups is 1. The summed E-state index contributed by atoms with van der Waals surface area (Å²) in [6.07, 6.45) is 0. The molecule has 0 bridgehead atoms. The van der Waals surface area contributed by atoms with Crippen molar-refractivity contribution in [2.75, 3.05) is 38.2 Å². The first-order valence-electron chi connectivity index (χ1n) is 9.85. The number of anilines is 1. The number of halogens is 1. The SMILES string of the molecule is COC(=O)c1sc2cccc(F)c2c1S(=O)(=O)N1CCN(c2cc(C)ccc2C)CC1. The minimum atomic E-state index is -4.10. The van der Waals surface area contributed by atoms with Gasteiger partial charge in [-0.2, -0.15) is 4.31 Å². The van der Waals surface area contributed by atoms with Gasteiger partial charge in [0.1, 0.15) is 15.6 Å². The quantitative estimate of drug-likeness (QED) is 0.549. The lowest BCUT2D eigenvalue weighted by Crippen LogP contribution is -2.49. The predicted molar refractivity (Wildman–Crippen MR) is 120 cm³/mol. The average Bonchev–Trinajstić information content (AvgIpc) is 3.17. The van der Waals surface area contributed by atoms with Crippen molar-refractivity contribution in [1.29, 1.82) is 0 Å². The van der Waals surface area contributed by atoms with Crippen LogP contribution in [0.25, 0.3) is 10.1 Å². The molecule has 1 aromatic heterocycles. The van der Waals surface area contributed by atoms with E-state index in [0.29, 0.717) is 17.8 Å². The van der Waals surface area contributed by atoms with Crippen molar-refractivity contribution in [3.05, 3.63) is 58.2 Å². The minimum absolute atomic E-state index is 0.0511. The van der Waals surface area contributed by atoms with Crippen LogP contribution >= 0.6 is 11.3 Å². The Morgan fingerprint density at radius 3 is 2.48 bits per heavy atom. The van der Waals surface area contributed by atoms with Crippen molar-refractivity contribution in [3.63, 3.8) is 0 Å². The molecule has 0 radical (unpaired) electrons. The summed E-state index contributed by atoms with van der Waals surface area (Å²) in [6, 6.07) is 10.5. The zero-order valence-electron chi connectivity index (χ0n) is 17.5. The Morgan fingerprint density at radius 1 is 1.10 bits per heavy atom. The zero-order valence-corrected chi connectivity index (χ0v) is 19.1. The smallest absolute Gasteiger partial charge is 0.349 e. The Labute approximate surface area is 184 Å². The van der Waals surface area contributed by atoms with Crippen molar-refractivity contribution >= 4 is 43.1 Å². The molecule has 2 aromatic carbocycles. The Morgan fingerprint density at radius 2 is 1.81 bits per heavy atom. The molecule has 6 nitrogen and oxygen atoms in total. The number of hydrogen-bond donors (Lipinski definition) is 0. The summed E-state index contributed by atoms with van der Waals surface area (Å²) in [5, 5.41) is -0.0511. The van der Waals surface area contributed by atoms with E-state index in [-0.39, 0.29) is 28.2 Å².